The summed E-state index contributed by atoms with van der Waals surface area (Å²) in [6.45, 7) is 4.06. The van der Waals surface area contributed by atoms with E-state index >= 15 is 0 Å². The minimum atomic E-state index is -0.538. The van der Waals surface area contributed by atoms with Gasteiger partial charge in [0.1, 0.15) is 11.6 Å². The molecule has 188 valence electrons. The minimum Gasteiger partial charge on any atom is -0.268 e. The molecule has 0 saturated carbocycles. The van der Waals surface area contributed by atoms with Gasteiger partial charge in [0.15, 0.2) is 0 Å². The molecule has 2 aliphatic rings. The molecule has 0 fully saturated rings. The Morgan fingerprint density at radius 1 is 0.526 bits per heavy atom. The molecule has 0 N–H and O–H groups in total. The lowest BCUT2D eigenvalue weighted by molar-refractivity contribution is 0.0871. The van der Waals surface area contributed by atoms with E-state index in [1.807, 2.05) is 26.0 Å². The van der Waals surface area contributed by atoms with Crippen molar-refractivity contribution in [3.8, 4) is 0 Å². The SMILES string of the molecule is CCCc1cccc(N2C(=O)c3ccc4c5c(ccc(c35)C2=O)C(=O)N(c2cccc(CCC)n2)C4=O)n1. The number of imide groups is 2. The molecule has 4 amide bonds. The van der Waals surface area contributed by atoms with E-state index in [1.165, 1.54) is 0 Å². The van der Waals surface area contributed by atoms with Crippen molar-refractivity contribution in [2.45, 2.75) is 39.5 Å². The Balaban J connectivity index is 1.49. The van der Waals surface area contributed by atoms with E-state index in [2.05, 4.69) is 9.97 Å². The molecule has 2 aromatic heterocycles. The van der Waals surface area contributed by atoms with Gasteiger partial charge in [0.25, 0.3) is 23.6 Å². The predicted octanol–water partition coefficient (Wildman–Crippen LogP) is 5.14. The lowest BCUT2D eigenvalue weighted by atomic mass is 9.86. The normalized spacial score (nSPS) is 14.6. The molecule has 0 saturated heterocycles. The first-order valence-electron chi connectivity index (χ1n) is 12.7. The van der Waals surface area contributed by atoms with Crippen LogP contribution in [0.1, 0.15) is 79.5 Å². The van der Waals surface area contributed by atoms with Gasteiger partial charge in [-0.1, -0.05) is 38.8 Å². The summed E-state index contributed by atoms with van der Waals surface area (Å²) in [6, 6.07) is 16.7. The molecule has 4 aromatic rings. The Morgan fingerprint density at radius 2 is 0.868 bits per heavy atom. The summed E-state index contributed by atoms with van der Waals surface area (Å²) in [5, 5.41) is 0.648. The van der Waals surface area contributed by atoms with E-state index < -0.39 is 23.6 Å². The number of rotatable bonds is 6. The number of benzene rings is 2. The molecule has 38 heavy (non-hydrogen) atoms. The summed E-state index contributed by atoms with van der Waals surface area (Å²) in [7, 11) is 0. The van der Waals surface area contributed by atoms with E-state index in [-0.39, 0.29) is 33.9 Å². The van der Waals surface area contributed by atoms with Crippen molar-refractivity contribution >= 4 is 46.0 Å². The summed E-state index contributed by atoms with van der Waals surface area (Å²) in [6.07, 6.45) is 3.20. The zero-order chi connectivity index (χ0) is 26.6. The molecular formula is C30H24N4O4. The molecule has 0 atom stereocenters. The van der Waals surface area contributed by atoms with Crippen molar-refractivity contribution in [3.63, 3.8) is 0 Å². The number of anilines is 2. The second kappa shape index (κ2) is 8.99. The Labute approximate surface area is 218 Å². The van der Waals surface area contributed by atoms with E-state index in [0.717, 1.165) is 46.9 Å². The minimum absolute atomic E-state index is 0.250. The number of hydrogen-bond acceptors (Lipinski definition) is 6. The predicted molar refractivity (Wildman–Crippen MR) is 143 cm³/mol. The number of carbonyl (C=O) groups excluding carboxylic acids is 4. The highest BCUT2D eigenvalue weighted by Crippen LogP contribution is 2.39. The Morgan fingerprint density at radius 3 is 1.18 bits per heavy atom. The third-order valence-electron chi connectivity index (χ3n) is 6.95. The summed E-state index contributed by atoms with van der Waals surface area (Å²) in [5.41, 5.74) is 2.57. The van der Waals surface area contributed by atoms with Gasteiger partial charge in [0.2, 0.25) is 0 Å². The quantitative estimate of drug-likeness (QED) is 0.337. The fraction of sp³-hybridized carbons (Fsp3) is 0.200. The summed E-state index contributed by atoms with van der Waals surface area (Å²) >= 11 is 0. The monoisotopic (exact) mass is 504 g/mol. The van der Waals surface area contributed by atoms with Gasteiger partial charge in [0, 0.05) is 44.4 Å². The number of aryl methyl sites for hydroxylation is 2. The Bertz CT molecular complexity index is 1500. The van der Waals surface area contributed by atoms with E-state index in [0.29, 0.717) is 10.8 Å². The fourth-order valence-corrected chi connectivity index (χ4v) is 5.26. The van der Waals surface area contributed by atoms with E-state index in [9.17, 15) is 19.2 Å². The smallest absolute Gasteiger partial charge is 0.267 e. The molecule has 8 nitrogen and oxygen atoms in total. The zero-order valence-electron chi connectivity index (χ0n) is 21.0. The molecule has 2 aromatic carbocycles. The Hall–Kier alpha value is -4.72. The summed E-state index contributed by atoms with van der Waals surface area (Å²) < 4.78 is 0. The summed E-state index contributed by atoms with van der Waals surface area (Å²) in [5.74, 6) is -1.65. The van der Waals surface area contributed by atoms with Crippen molar-refractivity contribution < 1.29 is 19.2 Å². The maximum absolute atomic E-state index is 13.6. The molecule has 0 spiro atoms. The van der Waals surface area contributed by atoms with Crippen LogP contribution in [0, 0.1) is 0 Å². The molecule has 6 rings (SSSR count). The van der Waals surface area contributed by atoms with Crippen LogP contribution in [0.4, 0.5) is 11.6 Å². The average molecular weight is 505 g/mol. The van der Waals surface area contributed by atoms with Gasteiger partial charge in [-0.3, -0.25) is 19.2 Å². The van der Waals surface area contributed by atoms with Crippen LogP contribution in [0.2, 0.25) is 0 Å². The molecule has 0 unspecified atom stereocenters. The summed E-state index contributed by atoms with van der Waals surface area (Å²) in [4.78, 5) is 65.8. The van der Waals surface area contributed by atoms with E-state index in [1.54, 1.807) is 48.5 Å². The van der Waals surface area contributed by atoms with Crippen LogP contribution < -0.4 is 9.80 Å². The highest BCUT2D eigenvalue weighted by atomic mass is 16.2. The van der Waals surface area contributed by atoms with Gasteiger partial charge in [0.05, 0.1) is 0 Å². The average Bonchev–Trinajstić information content (AvgIpc) is 2.91. The number of nitrogens with zero attached hydrogens (tertiary/aromatic N) is 4. The fourth-order valence-electron chi connectivity index (χ4n) is 5.26. The van der Waals surface area contributed by atoms with Crippen LogP contribution in [0.3, 0.4) is 0 Å². The van der Waals surface area contributed by atoms with Gasteiger partial charge in [-0.25, -0.2) is 19.8 Å². The van der Waals surface area contributed by atoms with Crippen molar-refractivity contribution in [3.05, 3.63) is 94.3 Å². The molecule has 0 aliphatic carbocycles. The Kier molecular flexibility index (Phi) is 5.60. The molecule has 2 aliphatic heterocycles. The molecule has 0 radical (unpaired) electrons. The first-order valence-corrected chi connectivity index (χ1v) is 12.7. The lowest BCUT2D eigenvalue weighted by Crippen LogP contribution is -2.44. The maximum atomic E-state index is 13.6. The van der Waals surface area contributed by atoms with Crippen molar-refractivity contribution in [2.75, 3.05) is 9.80 Å². The maximum Gasteiger partial charge on any atom is 0.267 e. The van der Waals surface area contributed by atoms with Crippen LogP contribution in [0.5, 0.6) is 0 Å². The first-order chi connectivity index (χ1) is 18.4. The highest BCUT2D eigenvalue weighted by molar-refractivity contribution is 6.41. The third kappa shape index (κ3) is 3.44. The van der Waals surface area contributed by atoms with Gasteiger partial charge >= 0.3 is 0 Å². The molecular weight excluding hydrogens is 480 g/mol. The number of pyridine rings is 2. The molecule has 4 heterocycles. The molecule has 0 bridgehead atoms. The number of amides is 4. The van der Waals surface area contributed by atoms with Crippen LogP contribution in [-0.4, -0.2) is 33.6 Å². The number of carbonyl (C=O) groups is 4. The van der Waals surface area contributed by atoms with Gasteiger partial charge in [-0.15, -0.1) is 0 Å². The van der Waals surface area contributed by atoms with Crippen LogP contribution in [0.25, 0.3) is 10.8 Å². The van der Waals surface area contributed by atoms with Crippen LogP contribution in [0.15, 0.2) is 60.7 Å². The van der Waals surface area contributed by atoms with Crippen molar-refractivity contribution in [1.29, 1.82) is 0 Å². The van der Waals surface area contributed by atoms with Gasteiger partial charge < -0.3 is 0 Å². The number of aromatic nitrogens is 2. The van der Waals surface area contributed by atoms with Gasteiger partial charge in [-0.2, -0.15) is 0 Å². The standard InChI is InChI=1S/C30H24N4O4/c1-3-7-17-9-5-11-23(31-17)33-27(35)19-13-15-21-26-22(16-14-20(25(19)26)28(33)36)30(38)34(29(21)37)24-12-6-10-18(32-24)8-4-2/h5-6,9-16H,3-4,7-8H2,1-2H3. The number of hydrogen-bond donors (Lipinski definition) is 0. The lowest BCUT2D eigenvalue weighted by Gasteiger charge is -2.31. The first kappa shape index (κ1) is 23.7. The van der Waals surface area contributed by atoms with Crippen molar-refractivity contribution in [2.24, 2.45) is 0 Å². The third-order valence-corrected chi connectivity index (χ3v) is 6.95. The van der Waals surface area contributed by atoms with Crippen LogP contribution >= 0.6 is 0 Å². The largest absolute Gasteiger partial charge is 0.268 e. The van der Waals surface area contributed by atoms with Crippen LogP contribution in [-0.2, 0) is 12.8 Å². The highest BCUT2D eigenvalue weighted by Gasteiger charge is 2.41. The van der Waals surface area contributed by atoms with Gasteiger partial charge in [-0.05, 0) is 61.4 Å². The second-order valence-electron chi connectivity index (χ2n) is 9.44. The molecule has 8 heteroatoms. The van der Waals surface area contributed by atoms with Crippen molar-refractivity contribution in [1.82, 2.24) is 9.97 Å². The zero-order valence-corrected chi connectivity index (χ0v) is 21.0. The second-order valence-corrected chi connectivity index (χ2v) is 9.44. The topological polar surface area (TPSA) is 101 Å². The van der Waals surface area contributed by atoms with E-state index in [4.69, 9.17) is 0 Å².